The molecule has 0 radical (unpaired) electrons. The summed E-state index contributed by atoms with van der Waals surface area (Å²) in [6.45, 7) is 5.10. The highest BCUT2D eigenvalue weighted by Crippen LogP contribution is 2.29. The summed E-state index contributed by atoms with van der Waals surface area (Å²) in [5.74, 6) is -0.303. The number of H-pyrrole nitrogens is 1. The number of phenolic OH excluding ortho intramolecular Hbond substituents is 1. The number of aromatic nitrogens is 1. The van der Waals surface area contributed by atoms with Gasteiger partial charge in [0.25, 0.3) is 5.91 Å². The predicted molar refractivity (Wildman–Crippen MR) is 212 cm³/mol. The average molecular weight is 765 g/mol. The van der Waals surface area contributed by atoms with Crippen molar-refractivity contribution < 1.29 is 39.2 Å². The Kier molecular flexibility index (Phi) is 14.6. The maximum Gasteiger partial charge on any atom is 0.405 e. The highest BCUT2D eigenvalue weighted by atomic mass is 16.5. The van der Waals surface area contributed by atoms with Crippen LogP contribution in [0.5, 0.6) is 11.5 Å². The van der Waals surface area contributed by atoms with Gasteiger partial charge in [0, 0.05) is 23.6 Å². The molecule has 0 saturated carbocycles. The molecule has 56 heavy (non-hydrogen) atoms. The highest BCUT2D eigenvalue weighted by molar-refractivity contribution is 5.96. The summed E-state index contributed by atoms with van der Waals surface area (Å²) >= 11 is 0. The Morgan fingerprint density at radius 1 is 0.839 bits per heavy atom. The largest absolute Gasteiger partial charge is 0.506 e. The summed E-state index contributed by atoms with van der Waals surface area (Å²) in [4.78, 5) is 52.0. The van der Waals surface area contributed by atoms with Gasteiger partial charge in [-0.15, -0.1) is 0 Å². The molecule has 4 aromatic carbocycles. The number of aliphatic hydroxyl groups is 1. The standard InChI is InChI=1S/C43H48N4O9/c1-27(2)23-35(42(52)55-22-7-6-21-44-25-37(49)33-17-19-36(48)40-34(33)18-20-38(50)46-40)45-41(51)30-15-13-28(14-16-30)26-56-32-12-8-11-31(24-32)39(47-43(53)54)29-9-4-3-5-10-29/h3-5,8-20,24,27,35,37,39,44,47-49H,6-7,21-23,25-26H2,1-2H3,(H,45,51)(H,46,50)(H,53,54). The number of hydrogen-bond donors (Lipinski definition) is 7. The van der Waals surface area contributed by atoms with Crippen molar-refractivity contribution in [1.82, 2.24) is 20.9 Å². The van der Waals surface area contributed by atoms with E-state index < -0.39 is 36.2 Å². The third-order valence-electron chi connectivity index (χ3n) is 9.11. The Morgan fingerprint density at radius 3 is 2.32 bits per heavy atom. The van der Waals surface area contributed by atoms with Crippen LogP contribution < -0.4 is 26.2 Å². The number of hydrogen-bond acceptors (Lipinski definition) is 9. The molecule has 3 atom stereocenters. The van der Waals surface area contributed by atoms with Gasteiger partial charge in [0.05, 0.1) is 24.3 Å². The van der Waals surface area contributed by atoms with Crippen LogP contribution in [0.15, 0.2) is 108 Å². The van der Waals surface area contributed by atoms with Crippen molar-refractivity contribution in [2.75, 3.05) is 19.7 Å². The maximum absolute atomic E-state index is 13.2. The number of aromatic amines is 1. The van der Waals surface area contributed by atoms with Crippen molar-refractivity contribution in [2.45, 2.75) is 57.9 Å². The Hall–Kier alpha value is -6.18. The number of carbonyl (C=O) groups is 3. The molecule has 0 fully saturated rings. The van der Waals surface area contributed by atoms with E-state index in [4.69, 9.17) is 9.47 Å². The van der Waals surface area contributed by atoms with Crippen molar-refractivity contribution in [2.24, 2.45) is 5.92 Å². The van der Waals surface area contributed by atoms with E-state index in [1.807, 2.05) is 50.2 Å². The van der Waals surface area contributed by atoms with E-state index in [-0.39, 0.29) is 42.5 Å². The molecule has 294 valence electrons. The molecular formula is C43H48N4O9. The number of carbonyl (C=O) groups excluding carboxylic acids is 2. The van der Waals surface area contributed by atoms with Gasteiger partial charge in [-0.3, -0.25) is 9.59 Å². The van der Waals surface area contributed by atoms with Gasteiger partial charge in [0.1, 0.15) is 24.1 Å². The Balaban J connectivity index is 1.06. The monoisotopic (exact) mass is 764 g/mol. The summed E-state index contributed by atoms with van der Waals surface area (Å²) < 4.78 is 11.5. The van der Waals surface area contributed by atoms with E-state index >= 15 is 0 Å². The zero-order valence-electron chi connectivity index (χ0n) is 31.4. The van der Waals surface area contributed by atoms with Crippen LogP contribution >= 0.6 is 0 Å². The van der Waals surface area contributed by atoms with Crippen LogP contribution in [0.25, 0.3) is 10.9 Å². The first-order valence-corrected chi connectivity index (χ1v) is 18.6. The summed E-state index contributed by atoms with van der Waals surface area (Å²) in [6.07, 6.45) is -0.369. The number of aromatic hydroxyl groups is 1. The fourth-order valence-electron chi connectivity index (χ4n) is 6.28. The minimum absolute atomic E-state index is 0.0732. The number of fused-ring (bicyclic) bond motifs is 1. The normalized spacial score (nSPS) is 12.8. The molecule has 5 aromatic rings. The van der Waals surface area contributed by atoms with E-state index in [0.29, 0.717) is 48.1 Å². The van der Waals surface area contributed by atoms with Gasteiger partial charge in [-0.1, -0.05) is 74.5 Å². The zero-order valence-corrected chi connectivity index (χ0v) is 31.4. The highest BCUT2D eigenvalue weighted by Gasteiger charge is 2.24. The Morgan fingerprint density at radius 2 is 1.59 bits per heavy atom. The molecule has 7 N–H and O–H groups in total. The molecule has 13 nitrogen and oxygen atoms in total. The van der Waals surface area contributed by atoms with E-state index in [2.05, 4.69) is 20.9 Å². The van der Waals surface area contributed by atoms with Gasteiger partial charge in [0.15, 0.2) is 0 Å². The SMILES string of the molecule is CC(C)CC(NC(=O)c1ccc(COc2cccc(C(NC(=O)O)c3ccccc3)c2)cc1)C(=O)OCCCCNCC(O)c1ccc(O)c2[nH]c(=O)ccc12. The van der Waals surface area contributed by atoms with Crippen molar-refractivity contribution >= 4 is 28.9 Å². The number of rotatable bonds is 19. The van der Waals surface area contributed by atoms with Crippen LogP contribution in [0.4, 0.5) is 4.79 Å². The number of esters is 1. The molecular weight excluding hydrogens is 716 g/mol. The second-order valence-electron chi connectivity index (χ2n) is 13.9. The third-order valence-corrected chi connectivity index (χ3v) is 9.11. The van der Waals surface area contributed by atoms with Crippen molar-refractivity contribution in [1.29, 1.82) is 0 Å². The minimum atomic E-state index is -1.14. The van der Waals surface area contributed by atoms with Crippen LogP contribution in [0.2, 0.25) is 0 Å². The number of nitrogens with one attached hydrogen (secondary N) is 4. The van der Waals surface area contributed by atoms with Crippen LogP contribution in [-0.4, -0.2) is 64.0 Å². The molecule has 0 aliphatic heterocycles. The first-order chi connectivity index (χ1) is 27.0. The molecule has 0 aliphatic rings. The number of amides is 2. The topological polar surface area (TPSA) is 199 Å². The third kappa shape index (κ3) is 11.7. The first kappa shape index (κ1) is 41.0. The van der Waals surface area contributed by atoms with Gasteiger partial charge in [-0.05, 0) is 90.4 Å². The summed E-state index contributed by atoms with van der Waals surface area (Å²) in [6, 6.07) is 27.9. The fourth-order valence-corrected chi connectivity index (χ4v) is 6.28. The molecule has 2 amide bonds. The number of aliphatic hydroxyl groups excluding tert-OH is 1. The molecule has 0 aliphatic carbocycles. The summed E-state index contributed by atoms with van der Waals surface area (Å²) in [5.41, 5.74) is 3.21. The van der Waals surface area contributed by atoms with E-state index in [1.165, 1.54) is 12.1 Å². The summed E-state index contributed by atoms with van der Waals surface area (Å²) in [5, 5.41) is 39.4. The lowest BCUT2D eigenvalue weighted by Gasteiger charge is -2.20. The smallest absolute Gasteiger partial charge is 0.405 e. The first-order valence-electron chi connectivity index (χ1n) is 18.6. The Bertz CT molecular complexity index is 2140. The lowest BCUT2D eigenvalue weighted by atomic mass is 9.98. The lowest BCUT2D eigenvalue weighted by molar-refractivity contribution is -0.146. The number of carboxylic acid groups (broad SMARTS) is 1. The summed E-state index contributed by atoms with van der Waals surface area (Å²) in [7, 11) is 0. The number of ether oxygens (including phenoxy) is 2. The molecule has 0 spiro atoms. The second kappa shape index (κ2) is 19.9. The minimum Gasteiger partial charge on any atom is -0.506 e. The quantitative estimate of drug-likeness (QED) is 0.0389. The molecule has 1 heterocycles. The van der Waals surface area contributed by atoms with E-state index in [1.54, 1.807) is 54.6 Å². The van der Waals surface area contributed by atoms with Crippen LogP contribution in [0.3, 0.4) is 0 Å². The molecule has 1 aromatic heterocycles. The van der Waals surface area contributed by atoms with Gasteiger partial charge in [-0.25, -0.2) is 9.59 Å². The second-order valence-corrected chi connectivity index (χ2v) is 13.9. The van der Waals surface area contributed by atoms with Gasteiger partial charge in [0.2, 0.25) is 5.56 Å². The number of phenols is 1. The lowest BCUT2D eigenvalue weighted by Crippen LogP contribution is -2.42. The van der Waals surface area contributed by atoms with Crippen LogP contribution in [-0.2, 0) is 16.1 Å². The average Bonchev–Trinajstić information content (AvgIpc) is 3.19. The number of pyridine rings is 1. The van der Waals surface area contributed by atoms with Crippen molar-refractivity contribution in [3.05, 3.63) is 141 Å². The number of unbranched alkanes of at least 4 members (excludes halogenated alkanes) is 1. The number of benzene rings is 4. The van der Waals surface area contributed by atoms with Crippen molar-refractivity contribution in [3.63, 3.8) is 0 Å². The van der Waals surface area contributed by atoms with Crippen LogP contribution in [0, 0.1) is 5.92 Å². The molecule has 3 unspecified atom stereocenters. The molecule has 13 heteroatoms. The Labute approximate surface area is 324 Å². The van der Waals surface area contributed by atoms with Gasteiger partial charge >= 0.3 is 12.1 Å². The molecule has 0 bridgehead atoms. The zero-order chi connectivity index (χ0) is 40.0. The predicted octanol–water partition coefficient (Wildman–Crippen LogP) is 5.96. The van der Waals surface area contributed by atoms with Gasteiger partial charge in [-0.2, -0.15) is 0 Å². The van der Waals surface area contributed by atoms with Crippen LogP contribution in [0.1, 0.15) is 77.9 Å². The molecule has 0 saturated heterocycles. The molecule has 5 rings (SSSR count). The van der Waals surface area contributed by atoms with Crippen molar-refractivity contribution in [3.8, 4) is 11.5 Å². The van der Waals surface area contributed by atoms with Gasteiger partial charge < -0.3 is 45.7 Å². The maximum atomic E-state index is 13.2. The van der Waals surface area contributed by atoms with E-state index in [0.717, 1.165) is 16.7 Å². The fraction of sp³-hybridized carbons (Fsp3) is 0.302. The van der Waals surface area contributed by atoms with E-state index in [9.17, 15) is 34.5 Å².